The van der Waals surface area contributed by atoms with Gasteiger partial charge in [-0.1, -0.05) is 0 Å². The van der Waals surface area contributed by atoms with Crippen molar-refractivity contribution >= 4 is 39.9 Å². The molecule has 0 unspecified atom stereocenters. The van der Waals surface area contributed by atoms with Crippen molar-refractivity contribution in [3.05, 3.63) is 28.1 Å². The summed E-state index contributed by atoms with van der Waals surface area (Å²) in [4.78, 5) is 26.9. The van der Waals surface area contributed by atoms with Crippen LogP contribution >= 0.6 is 23.7 Å². The lowest BCUT2D eigenvalue weighted by atomic mass is 10.4. The highest BCUT2D eigenvalue weighted by atomic mass is 35.5. The third kappa shape index (κ3) is 2.40. The number of aryl methyl sites for hydroxylation is 1. The third-order valence-corrected chi connectivity index (χ3v) is 2.84. The summed E-state index contributed by atoms with van der Waals surface area (Å²) in [5, 5.41) is 10.8. The first-order valence-electron chi connectivity index (χ1n) is 4.33. The Morgan fingerprint density at radius 3 is 3.00 bits per heavy atom. The smallest absolute Gasteiger partial charge is 0.305 e. The summed E-state index contributed by atoms with van der Waals surface area (Å²) in [5.74, 6) is -0.924. The number of hydrogen-bond donors (Lipinski definition) is 1. The largest absolute Gasteiger partial charge is 0.481 e. The number of fused-ring (bicyclic) bond motifs is 1. The van der Waals surface area contributed by atoms with Crippen LogP contribution in [0.25, 0.3) is 10.2 Å². The molecule has 0 aliphatic heterocycles. The zero-order valence-electron chi connectivity index (χ0n) is 8.12. The average molecular weight is 261 g/mol. The van der Waals surface area contributed by atoms with Crippen LogP contribution in [0.2, 0.25) is 0 Å². The Hall–Kier alpha value is -1.40. The molecular formula is C9H9ClN2O3S. The van der Waals surface area contributed by atoms with Gasteiger partial charge in [0.25, 0.3) is 5.56 Å². The van der Waals surface area contributed by atoms with E-state index in [4.69, 9.17) is 5.11 Å². The van der Waals surface area contributed by atoms with Crippen LogP contribution in [0.15, 0.2) is 22.6 Å². The van der Waals surface area contributed by atoms with E-state index >= 15 is 0 Å². The Kier molecular flexibility index (Phi) is 4.03. The van der Waals surface area contributed by atoms with Gasteiger partial charge in [0.1, 0.15) is 4.83 Å². The summed E-state index contributed by atoms with van der Waals surface area (Å²) in [6.45, 7) is 0.160. The van der Waals surface area contributed by atoms with E-state index in [0.29, 0.717) is 10.2 Å². The van der Waals surface area contributed by atoms with E-state index in [1.807, 2.05) is 0 Å². The fourth-order valence-corrected chi connectivity index (χ4v) is 1.99. The van der Waals surface area contributed by atoms with Crippen LogP contribution < -0.4 is 5.56 Å². The number of halogens is 1. The number of carboxylic acids is 1. The van der Waals surface area contributed by atoms with Crippen LogP contribution in [0.3, 0.4) is 0 Å². The zero-order valence-corrected chi connectivity index (χ0v) is 9.75. The molecule has 0 saturated heterocycles. The molecule has 2 aromatic heterocycles. The molecule has 1 N–H and O–H groups in total. The molecular weight excluding hydrogens is 252 g/mol. The fourth-order valence-electron chi connectivity index (χ4n) is 1.27. The summed E-state index contributed by atoms with van der Waals surface area (Å²) in [6, 6.07) is 1.70. The number of aliphatic carboxylic acids is 1. The van der Waals surface area contributed by atoms with Crippen molar-refractivity contribution < 1.29 is 9.90 Å². The lowest BCUT2D eigenvalue weighted by molar-refractivity contribution is -0.137. The van der Waals surface area contributed by atoms with Crippen LogP contribution in [0.4, 0.5) is 0 Å². The molecule has 0 aromatic carbocycles. The minimum absolute atomic E-state index is 0. The Bertz CT molecular complexity index is 563. The van der Waals surface area contributed by atoms with Gasteiger partial charge >= 0.3 is 5.97 Å². The molecule has 16 heavy (non-hydrogen) atoms. The van der Waals surface area contributed by atoms with Crippen molar-refractivity contribution in [2.45, 2.75) is 13.0 Å². The second-order valence-corrected chi connectivity index (χ2v) is 3.92. The Morgan fingerprint density at radius 1 is 1.56 bits per heavy atom. The lowest BCUT2D eigenvalue weighted by Crippen LogP contribution is -2.21. The van der Waals surface area contributed by atoms with Crippen molar-refractivity contribution in [3.8, 4) is 0 Å². The molecule has 0 spiro atoms. The predicted molar refractivity (Wildman–Crippen MR) is 63.4 cm³/mol. The quantitative estimate of drug-likeness (QED) is 0.904. The molecule has 2 heterocycles. The molecule has 0 fully saturated rings. The normalized spacial score (nSPS) is 10.0. The van der Waals surface area contributed by atoms with Crippen molar-refractivity contribution in [2.24, 2.45) is 0 Å². The van der Waals surface area contributed by atoms with E-state index in [9.17, 15) is 9.59 Å². The van der Waals surface area contributed by atoms with Gasteiger partial charge in [-0.25, -0.2) is 4.98 Å². The Labute approximate surface area is 101 Å². The molecule has 0 saturated carbocycles. The second kappa shape index (κ2) is 5.09. The highest BCUT2D eigenvalue weighted by molar-refractivity contribution is 7.16. The maximum Gasteiger partial charge on any atom is 0.305 e. The van der Waals surface area contributed by atoms with Gasteiger partial charge in [-0.2, -0.15) is 0 Å². The number of carbonyl (C=O) groups is 1. The van der Waals surface area contributed by atoms with Crippen molar-refractivity contribution in [2.75, 3.05) is 0 Å². The first-order valence-corrected chi connectivity index (χ1v) is 5.21. The number of thiophene rings is 1. The van der Waals surface area contributed by atoms with Gasteiger partial charge in [-0.15, -0.1) is 23.7 Å². The summed E-state index contributed by atoms with van der Waals surface area (Å²) < 4.78 is 1.32. The number of carboxylic acid groups (broad SMARTS) is 1. The third-order valence-electron chi connectivity index (χ3n) is 2.02. The van der Waals surface area contributed by atoms with Crippen LogP contribution in [0, 0.1) is 0 Å². The molecule has 0 aliphatic rings. The van der Waals surface area contributed by atoms with E-state index in [1.165, 1.54) is 22.2 Å². The first kappa shape index (κ1) is 12.7. The molecule has 5 nitrogen and oxygen atoms in total. The van der Waals surface area contributed by atoms with E-state index in [-0.39, 0.29) is 30.9 Å². The van der Waals surface area contributed by atoms with E-state index in [2.05, 4.69) is 4.98 Å². The molecule has 7 heteroatoms. The maximum atomic E-state index is 11.7. The molecule has 0 amide bonds. The number of aromatic nitrogens is 2. The average Bonchev–Trinajstić information content (AvgIpc) is 2.65. The van der Waals surface area contributed by atoms with Gasteiger partial charge in [0.15, 0.2) is 0 Å². The van der Waals surface area contributed by atoms with Crippen LogP contribution in [-0.2, 0) is 11.3 Å². The molecule has 0 atom stereocenters. The minimum Gasteiger partial charge on any atom is -0.481 e. The molecule has 0 radical (unpaired) electrons. The SMILES string of the molecule is Cl.O=C(O)CCn1cnc2sccc2c1=O. The van der Waals surface area contributed by atoms with Crippen LogP contribution in [0.5, 0.6) is 0 Å². The zero-order chi connectivity index (χ0) is 10.8. The van der Waals surface area contributed by atoms with Gasteiger partial charge in [0, 0.05) is 6.54 Å². The maximum absolute atomic E-state index is 11.7. The fraction of sp³-hybridized carbons (Fsp3) is 0.222. The molecule has 2 rings (SSSR count). The van der Waals surface area contributed by atoms with Crippen molar-refractivity contribution in [3.63, 3.8) is 0 Å². The molecule has 0 aliphatic carbocycles. The lowest BCUT2D eigenvalue weighted by Gasteiger charge is -2.01. The second-order valence-electron chi connectivity index (χ2n) is 3.03. The Morgan fingerprint density at radius 2 is 2.31 bits per heavy atom. The first-order chi connectivity index (χ1) is 7.18. The van der Waals surface area contributed by atoms with Crippen LogP contribution in [-0.4, -0.2) is 20.6 Å². The minimum atomic E-state index is -0.924. The highest BCUT2D eigenvalue weighted by Gasteiger charge is 2.05. The number of nitrogens with zero attached hydrogens (tertiary/aromatic N) is 2. The summed E-state index contributed by atoms with van der Waals surface area (Å²) >= 11 is 1.39. The number of rotatable bonds is 3. The highest BCUT2D eigenvalue weighted by Crippen LogP contribution is 2.13. The number of hydrogen-bond acceptors (Lipinski definition) is 4. The summed E-state index contributed by atoms with van der Waals surface area (Å²) in [6.07, 6.45) is 1.32. The van der Waals surface area contributed by atoms with Gasteiger partial charge in [-0.05, 0) is 11.4 Å². The Balaban J connectivity index is 0.00000128. The topological polar surface area (TPSA) is 72.2 Å². The standard InChI is InChI=1S/C9H8N2O3S.ClH/c12-7(13)1-3-11-5-10-8-6(9(11)14)2-4-15-8;/h2,4-5H,1,3H2,(H,12,13);1H. The van der Waals surface area contributed by atoms with Crippen molar-refractivity contribution in [1.29, 1.82) is 0 Å². The van der Waals surface area contributed by atoms with E-state index in [0.717, 1.165) is 0 Å². The van der Waals surface area contributed by atoms with Crippen molar-refractivity contribution in [1.82, 2.24) is 9.55 Å². The van der Waals surface area contributed by atoms with Gasteiger partial charge in [0.05, 0.1) is 18.1 Å². The molecule has 2 aromatic rings. The van der Waals surface area contributed by atoms with Gasteiger partial charge in [-0.3, -0.25) is 14.2 Å². The van der Waals surface area contributed by atoms with Gasteiger partial charge < -0.3 is 5.11 Å². The van der Waals surface area contributed by atoms with Crippen LogP contribution in [0.1, 0.15) is 6.42 Å². The summed E-state index contributed by atoms with van der Waals surface area (Å²) in [7, 11) is 0. The summed E-state index contributed by atoms with van der Waals surface area (Å²) in [5.41, 5.74) is -0.178. The predicted octanol–water partition coefficient (Wildman–Crippen LogP) is 1.35. The van der Waals surface area contributed by atoms with E-state index < -0.39 is 5.97 Å². The monoisotopic (exact) mass is 260 g/mol. The van der Waals surface area contributed by atoms with E-state index in [1.54, 1.807) is 11.4 Å². The molecule has 0 bridgehead atoms. The molecule has 86 valence electrons. The van der Waals surface area contributed by atoms with Gasteiger partial charge in [0.2, 0.25) is 0 Å².